The minimum absolute atomic E-state index is 0.143. The molecule has 4 aromatic rings. The first-order valence-corrected chi connectivity index (χ1v) is 10.0. The number of fused-ring (bicyclic) bond motifs is 3. The van der Waals surface area contributed by atoms with E-state index in [1.165, 1.54) is 6.20 Å². The third-order valence-electron chi connectivity index (χ3n) is 5.69. The summed E-state index contributed by atoms with van der Waals surface area (Å²) in [5.41, 5.74) is 2.69. The summed E-state index contributed by atoms with van der Waals surface area (Å²) >= 11 is 0. The largest absolute Gasteiger partial charge is 0.406 e. The third kappa shape index (κ3) is 3.65. The lowest BCUT2D eigenvalue weighted by molar-refractivity contribution is -0.140. The molecule has 31 heavy (non-hydrogen) atoms. The monoisotopic (exact) mass is 427 g/mol. The molecule has 5 rings (SSSR count). The number of aromatic nitrogens is 3. The molecule has 2 aromatic heterocycles. The zero-order valence-electron chi connectivity index (χ0n) is 16.5. The summed E-state index contributed by atoms with van der Waals surface area (Å²) in [5, 5.41) is 10.6. The maximum Gasteiger partial charge on any atom is 0.406 e. The number of alkyl halides is 3. The van der Waals surface area contributed by atoms with Crippen LogP contribution in [0.5, 0.6) is 0 Å². The molecule has 1 fully saturated rings. The molecule has 0 saturated carbocycles. The second kappa shape index (κ2) is 7.42. The van der Waals surface area contributed by atoms with Crippen LogP contribution in [0, 0.1) is 0 Å². The molecule has 0 atom stereocenters. The predicted molar refractivity (Wildman–Crippen MR) is 114 cm³/mol. The summed E-state index contributed by atoms with van der Waals surface area (Å²) < 4.78 is 40.5. The molecule has 0 amide bonds. The molecule has 9 heteroatoms. The molecule has 0 radical (unpaired) electrons. The lowest BCUT2D eigenvalue weighted by Gasteiger charge is -2.29. The van der Waals surface area contributed by atoms with Gasteiger partial charge >= 0.3 is 6.18 Å². The van der Waals surface area contributed by atoms with E-state index in [2.05, 4.69) is 20.4 Å². The molecule has 3 heterocycles. The number of H-pyrrole nitrogens is 1. The SMILES string of the molecule is O=c1c2cn[nH]c2c2ccc(-c3ccc(N4CCNCC4)cc3)cc2n1CC(F)(F)F. The number of hydrogen-bond acceptors (Lipinski definition) is 4. The topological polar surface area (TPSA) is 66.0 Å². The van der Waals surface area contributed by atoms with E-state index >= 15 is 0 Å². The van der Waals surface area contributed by atoms with Gasteiger partial charge < -0.3 is 10.2 Å². The van der Waals surface area contributed by atoms with Crippen molar-refractivity contribution in [3.05, 3.63) is 59.0 Å². The van der Waals surface area contributed by atoms with Crippen molar-refractivity contribution in [2.24, 2.45) is 0 Å². The Morgan fingerprint density at radius 2 is 1.68 bits per heavy atom. The summed E-state index contributed by atoms with van der Waals surface area (Å²) in [4.78, 5) is 15.0. The minimum Gasteiger partial charge on any atom is -0.369 e. The molecular weight excluding hydrogens is 407 g/mol. The number of nitrogens with one attached hydrogen (secondary N) is 2. The fraction of sp³-hybridized carbons (Fsp3) is 0.273. The van der Waals surface area contributed by atoms with Crippen molar-refractivity contribution in [3.8, 4) is 11.1 Å². The van der Waals surface area contributed by atoms with E-state index in [9.17, 15) is 18.0 Å². The number of rotatable bonds is 3. The highest BCUT2D eigenvalue weighted by Gasteiger charge is 2.30. The van der Waals surface area contributed by atoms with Crippen LogP contribution < -0.4 is 15.8 Å². The molecular formula is C22H20F3N5O. The number of pyridine rings is 1. The second-order valence-electron chi connectivity index (χ2n) is 7.68. The molecule has 1 aliphatic rings. The number of nitrogens with zero attached hydrogens (tertiary/aromatic N) is 3. The van der Waals surface area contributed by atoms with Gasteiger partial charge in [-0.05, 0) is 29.3 Å². The zero-order chi connectivity index (χ0) is 21.6. The van der Waals surface area contributed by atoms with E-state index in [1.807, 2.05) is 30.3 Å². The van der Waals surface area contributed by atoms with Gasteiger partial charge in [-0.3, -0.25) is 14.5 Å². The van der Waals surface area contributed by atoms with E-state index in [4.69, 9.17) is 0 Å². The number of halogens is 3. The van der Waals surface area contributed by atoms with Crippen molar-refractivity contribution in [1.29, 1.82) is 0 Å². The number of anilines is 1. The number of hydrogen-bond donors (Lipinski definition) is 2. The van der Waals surface area contributed by atoms with Crippen molar-refractivity contribution in [3.63, 3.8) is 0 Å². The molecule has 1 saturated heterocycles. The number of benzene rings is 2. The average Bonchev–Trinajstić information content (AvgIpc) is 3.27. The summed E-state index contributed by atoms with van der Waals surface area (Å²) in [7, 11) is 0. The predicted octanol–water partition coefficient (Wildman–Crippen LogP) is 3.52. The highest BCUT2D eigenvalue weighted by Crippen LogP contribution is 2.30. The summed E-state index contributed by atoms with van der Waals surface area (Å²) in [5.74, 6) is 0. The molecule has 0 spiro atoms. The maximum atomic E-state index is 13.2. The van der Waals surface area contributed by atoms with Crippen molar-refractivity contribution < 1.29 is 13.2 Å². The van der Waals surface area contributed by atoms with Gasteiger partial charge in [0.1, 0.15) is 6.54 Å². The first-order valence-electron chi connectivity index (χ1n) is 10.0. The van der Waals surface area contributed by atoms with Gasteiger partial charge in [-0.25, -0.2) is 0 Å². The Labute approximate surface area is 175 Å². The Kier molecular flexibility index (Phi) is 4.70. The van der Waals surface area contributed by atoms with Gasteiger partial charge in [0, 0.05) is 37.3 Å². The minimum atomic E-state index is -4.52. The van der Waals surface area contributed by atoms with Gasteiger partial charge in [-0.1, -0.05) is 24.3 Å². The van der Waals surface area contributed by atoms with Gasteiger partial charge in [0.2, 0.25) is 0 Å². The molecule has 6 nitrogen and oxygen atoms in total. The van der Waals surface area contributed by atoms with E-state index in [0.717, 1.165) is 47.6 Å². The number of aromatic amines is 1. The lowest BCUT2D eigenvalue weighted by atomic mass is 10.0. The zero-order valence-corrected chi connectivity index (χ0v) is 16.5. The van der Waals surface area contributed by atoms with Gasteiger partial charge in [0.05, 0.1) is 22.6 Å². The second-order valence-corrected chi connectivity index (χ2v) is 7.68. The molecule has 0 unspecified atom stereocenters. The van der Waals surface area contributed by atoms with Crippen molar-refractivity contribution >= 4 is 27.5 Å². The standard InChI is InChI=1S/C22H20F3N5O/c23-22(24,25)13-30-19-11-15(3-6-17(19)20-18(21(30)31)12-27-28-20)14-1-4-16(5-2-14)29-9-7-26-8-10-29/h1-6,11-12,26H,7-10,13H2,(H,27,28). The maximum absolute atomic E-state index is 13.2. The Morgan fingerprint density at radius 1 is 0.968 bits per heavy atom. The van der Waals surface area contributed by atoms with Crippen LogP contribution in [0.2, 0.25) is 0 Å². The van der Waals surface area contributed by atoms with E-state index < -0.39 is 18.3 Å². The van der Waals surface area contributed by atoms with Crippen LogP contribution in [0.15, 0.2) is 53.5 Å². The smallest absolute Gasteiger partial charge is 0.369 e. The third-order valence-corrected chi connectivity index (χ3v) is 5.69. The van der Waals surface area contributed by atoms with Crippen LogP contribution in [0.1, 0.15) is 0 Å². The molecule has 0 aliphatic carbocycles. The van der Waals surface area contributed by atoms with Gasteiger partial charge in [-0.2, -0.15) is 18.3 Å². The molecule has 0 bridgehead atoms. The quantitative estimate of drug-likeness (QED) is 0.525. The summed E-state index contributed by atoms with van der Waals surface area (Å²) in [6, 6.07) is 13.2. The lowest BCUT2D eigenvalue weighted by Crippen LogP contribution is -2.43. The molecule has 1 aliphatic heterocycles. The Hall–Kier alpha value is -3.33. The van der Waals surface area contributed by atoms with Crippen molar-refractivity contribution in [2.45, 2.75) is 12.7 Å². The van der Waals surface area contributed by atoms with Gasteiger partial charge in [0.15, 0.2) is 0 Å². The Bertz CT molecular complexity index is 1300. The van der Waals surface area contributed by atoms with Crippen LogP contribution in [-0.4, -0.2) is 47.1 Å². The number of piperazine rings is 1. The molecule has 2 N–H and O–H groups in total. The van der Waals surface area contributed by atoms with Gasteiger partial charge in [0.25, 0.3) is 5.56 Å². The first-order chi connectivity index (χ1) is 14.9. The van der Waals surface area contributed by atoms with Crippen molar-refractivity contribution in [1.82, 2.24) is 20.1 Å². The molecule has 160 valence electrons. The summed E-state index contributed by atoms with van der Waals surface area (Å²) in [6.07, 6.45) is -3.25. The van der Waals surface area contributed by atoms with Crippen molar-refractivity contribution in [2.75, 3.05) is 31.1 Å². The van der Waals surface area contributed by atoms with Crippen LogP contribution >= 0.6 is 0 Å². The normalized spacial score (nSPS) is 15.1. The van der Waals surface area contributed by atoms with Gasteiger partial charge in [-0.15, -0.1) is 0 Å². The van der Waals surface area contributed by atoms with E-state index in [-0.39, 0.29) is 10.9 Å². The van der Waals surface area contributed by atoms with E-state index in [1.54, 1.807) is 12.1 Å². The summed E-state index contributed by atoms with van der Waals surface area (Å²) in [6.45, 7) is 2.38. The van der Waals surface area contributed by atoms with Crippen LogP contribution in [-0.2, 0) is 6.54 Å². The fourth-order valence-electron chi connectivity index (χ4n) is 4.18. The Morgan fingerprint density at radius 3 is 2.39 bits per heavy atom. The van der Waals surface area contributed by atoms with E-state index in [0.29, 0.717) is 10.9 Å². The van der Waals surface area contributed by atoms with Crippen LogP contribution in [0.25, 0.3) is 32.9 Å². The highest BCUT2D eigenvalue weighted by atomic mass is 19.4. The average molecular weight is 427 g/mol. The van der Waals surface area contributed by atoms with Crippen LogP contribution in [0.4, 0.5) is 18.9 Å². The first kappa shape index (κ1) is 19.6. The molecule has 2 aromatic carbocycles. The van der Waals surface area contributed by atoms with Crippen LogP contribution in [0.3, 0.4) is 0 Å². The highest BCUT2D eigenvalue weighted by molar-refractivity contribution is 6.04. The Balaban J connectivity index is 1.61. The fourth-order valence-corrected chi connectivity index (χ4v) is 4.18.